The van der Waals surface area contributed by atoms with E-state index in [2.05, 4.69) is 9.97 Å². The molecule has 0 atom stereocenters. The summed E-state index contributed by atoms with van der Waals surface area (Å²) in [5.74, 6) is 1.62. The van der Waals surface area contributed by atoms with E-state index < -0.39 is 0 Å². The molecule has 20 heavy (non-hydrogen) atoms. The van der Waals surface area contributed by atoms with Gasteiger partial charge in [0.05, 0.1) is 5.69 Å². The largest absolute Gasteiger partial charge is 0.486 e. The minimum absolute atomic E-state index is 0.416. The van der Waals surface area contributed by atoms with Crippen LogP contribution < -0.4 is 10.5 Å². The number of benzene rings is 2. The predicted octanol–water partition coefficient (Wildman–Crippen LogP) is 3.24. The molecule has 0 aliphatic carbocycles. The normalized spacial score (nSPS) is 10.4. The highest BCUT2D eigenvalue weighted by atomic mass is 16.5. The van der Waals surface area contributed by atoms with Gasteiger partial charge in [-0.3, -0.25) is 0 Å². The Morgan fingerprint density at radius 1 is 1.00 bits per heavy atom. The summed E-state index contributed by atoms with van der Waals surface area (Å²) in [5, 5.41) is 0. The van der Waals surface area contributed by atoms with Gasteiger partial charge in [0.2, 0.25) is 0 Å². The maximum absolute atomic E-state index is 5.67. The van der Waals surface area contributed by atoms with E-state index in [9.17, 15) is 0 Å². The van der Waals surface area contributed by atoms with E-state index in [-0.39, 0.29) is 0 Å². The van der Waals surface area contributed by atoms with E-state index >= 15 is 0 Å². The molecule has 0 aliphatic heterocycles. The van der Waals surface area contributed by atoms with Crippen LogP contribution in [-0.4, -0.2) is 9.97 Å². The van der Waals surface area contributed by atoms with Gasteiger partial charge in [0.1, 0.15) is 18.2 Å². The van der Waals surface area contributed by atoms with Gasteiger partial charge < -0.3 is 15.5 Å². The zero-order valence-corrected chi connectivity index (χ0v) is 10.9. The number of aromatic nitrogens is 2. The van der Waals surface area contributed by atoms with Gasteiger partial charge in [-0.1, -0.05) is 30.3 Å². The Morgan fingerprint density at radius 3 is 2.50 bits per heavy atom. The second-order valence-corrected chi connectivity index (χ2v) is 4.46. The topological polar surface area (TPSA) is 63.9 Å². The molecule has 3 aromatic rings. The molecule has 2 aromatic carbocycles. The van der Waals surface area contributed by atoms with Crippen LogP contribution in [0.2, 0.25) is 0 Å². The average Bonchev–Trinajstić information content (AvgIpc) is 2.96. The lowest BCUT2D eigenvalue weighted by Gasteiger charge is -2.02. The first-order chi connectivity index (χ1) is 9.81. The standard InChI is InChI=1S/C16H15N3O/c17-13-8-6-12(7-9-13)15-10-18-16(19-15)11-20-14-4-2-1-3-5-14/h1-10H,11,17H2,(H,18,19). The van der Waals surface area contributed by atoms with Crippen molar-refractivity contribution in [3.8, 4) is 17.0 Å². The Labute approximate surface area is 117 Å². The van der Waals surface area contributed by atoms with E-state index in [1.807, 2.05) is 60.8 Å². The van der Waals surface area contributed by atoms with Crippen molar-refractivity contribution in [2.24, 2.45) is 0 Å². The Kier molecular flexibility index (Phi) is 3.37. The molecule has 1 aromatic heterocycles. The van der Waals surface area contributed by atoms with Gasteiger partial charge in [-0.05, 0) is 24.3 Å². The second kappa shape index (κ2) is 5.48. The smallest absolute Gasteiger partial charge is 0.146 e. The van der Waals surface area contributed by atoms with Crippen LogP contribution in [0.3, 0.4) is 0 Å². The van der Waals surface area contributed by atoms with Crippen LogP contribution in [0, 0.1) is 0 Å². The van der Waals surface area contributed by atoms with Crippen molar-refractivity contribution in [3.63, 3.8) is 0 Å². The molecule has 0 radical (unpaired) electrons. The summed E-state index contributed by atoms with van der Waals surface area (Å²) in [7, 11) is 0. The molecule has 0 spiro atoms. The van der Waals surface area contributed by atoms with E-state index in [4.69, 9.17) is 10.5 Å². The molecule has 0 bridgehead atoms. The van der Waals surface area contributed by atoms with Crippen molar-refractivity contribution in [2.45, 2.75) is 6.61 Å². The minimum Gasteiger partial charge on any atom is -0.486 e. The van der Waals surface area contributed by atoms with E-state index in [0.717, 1.165) is 28.5 Å². The quantitative estimate of drug-likeness (QED) is 0.712. The van der Waals surface area contributed by atoms with Crippen molar-refractivity contribution in [1.29, 1.82) is 0 Å². The fraction of sp³-hybridized carbons (Fsp3) is 0.0625. The number of nitrogen functional groups attached to an aromatic ring is 1. The molecule has 1 heterocycles. The minimum atomic E-state index is 0.416. The number of hydrogen-bond acceptors (Lipinski definition) is 3. The Bertz CT molecular complexity index is 674. The van der Waals surface area contributed by atoms with Crippen LogP contribution in [0.1, 0.15) is 5.82 Å². The number of hydrogen-bond donors (Lipinski definition) is 2. The maximum Gasteiger partial charge on any atom is 0.146 e. The molecule has 3 N–H and O–H groups in total. The SMILES string of the molecule is Nc1ccc(-c2c[nH]c(COc3ccccc3)n2)cc1. The lowest BCUT2D eigenvalue weighted by atomic mass is 10.1. The van der Waals surface area contributed by atoms with E-state index in [1.54, 1.807) is 0 Å². The van der Waals surface area contributed by atoms with E-state index in [0.29, 0.717) is 6.61 Å². The van der Waals surface area contributed by atoms with Gasteiger partial charge in [-0.25, -0.2) is 4.98 Å². The van der Waals surface area contributed by atoms with Gasteiger partial charge in [-0.2, -0.15) is 0 Å². The first kappa shape index (κ1) is 12.3. The van der Waals surface area contributed by atoms with Gasteiger partial charge in [-0.15, -0.1) is 0 Å². The molecule has 4 heteroatoms. The summed E-state index contributed by atoms with van der Waals surface area (Å²) >= 11 is 0. The fourth-order valence-electron chi connectivity index (χ4n) is 1.91. The third-order valence-corrected chi connectivity index (χ3v) is 2.96. The zero-order valence-electron chi connectivity index (χ0n) is 10.9. The van der Waals surface area contributed by atoms with Gasteiger partial charge in [0.15, 0.2) is 0 Å². The summed E-state index contributed by atoms with van der Waals surface area (Å²) in [6.45, 7) is 0.416. The van der Waals surface area contributed by atoms with Crippen LogP contribution in [0.4, 0.5) is 5.69 Å². The van der Waals surface area contributed by atoms with Crippen LogP contribution in [0.5, 0.6) is 5.75 Å². The third-order valence-electron chi connectivity index (χ3n) is 2.96. The summed E-state index contributed by atoms with van der Waals surface area (Å²) in [5.41, 5.74) is 8.34. The molecular weight excluding hydrogens is 250 g/mol. The summed E-state index contributed by atoms with van der Waals surface area (Å²) in [4.78, 5) is 7.63. The number of para-hydroxylation sites is 1. The number of nitrogens with zero attached hydrogens (tertiary/aromatic N) is 1. The first-order valence-corrected chi connectivity index (χ1v) is 6.39. The number of anilines is 1. The highest BCUT2D eigenvalue weighted by Gasteiger charge is 2.04. The van der Waals surface area contributed by atoms with Crippen LogP contribution in [0.15, 0.2) is 60.8 Å². The first-order valence-electron chi connectivity index (χ1n) is 6.39. The number of H-pyrrole nitrogens is 1. The lowest BCUT2D eigenvalue weighted by Crippen LogP contribution is -1.97. The third kappa shape index (κ3) is 2.80. The van der Waals surface area contributed by atoms with Gasteiger partial charge in [0.25, 0.3) is 0 Å². The average molecular weight is 265 g/mol. The van der Waals surface area contributed by atoms with Crippen molar-refractivity contribution < 1.29 is 4.74 Å². The van der Waals surface area contributed by atoms with Gasteiger partial charge in [0, 0.05) is 17.4 Å². The van der Waals surface area contributed by atoms with Gasteiger partial charge >= 0.3 is 0 Å². The summed E-state index contributed by atoms with van der Waals surface area (Å²) < 4.78 is 5.65. The molecule has 0 fully saturated rings. The summed E-state index contributed by atoms with van der Waals surface area (Å²) in [6.07, 6.45) is 1.87. The molecule has 0 amide bonds. The highest BCUT2D eigenvalue weighted by Crippen LogP contribution is 2.19. The number of imidazole rings is 1. The zero-order chi connectivity index (χ0) is 13.8. The molecule has 0 unspecified atom stereocenters. The number of ether oxygens (including phenoxy) is 1. The number of rotatable bonds is 4. The van der Waals surface area contributed by atoms with Crippen molar-refractivity contribution in [2.75, 3.05) is 5.73 Å². The Hall–Kier alpha value is -2.75. The molecule has 100 valence electrons. The molecule has 0 aliphatic rings. The number of nitrogens with two attached hydrogens (primary N) is 1. The molecule has 3 rings (SSSR count). The number of nitrogens with one attached hydrogen (secondary N) is 1. The summed E-state index contributed by atoms with van der Waals surface area (Å²) in [6, 6.07) is 17.3. The van der Waals surface area contributed by atoms with Crippen LogP contribution in [-0.2, 0) is 6.61 Å². The van der Waals surface area contributed by atoms with Crippen molar-refractivity contribution in [1.82, 2.24) is 9.97 Å². The highest BCUT2D eigenvalue weighted by molar-refractivity contribution is 5.61. The Balaban J connectivity index is 1.69. The van der Waals surface area contributed by atoms with Crippen molar-refractivity contribution >= 4 is 5.69 Å². The molecule has 0 saturated heterocycles. The molecular formula is C16H15N3O. The Morgan fingerprint density at radius 2 is 1.75 bits per heavy atom. The lowest BCUT2D eigenvalue weighted by molar-refractivity contribution is 0.297. The molecule has 0 saturated carbocycles. The van der Waals surface area contributed by atoms with Crippen molar-refractivity contribution in [3.05, 3.63) is 66.6 Å². The fourth-order valence-corrected chi connectivity index (χ4v) is 1.91. The molecule has 4 nitrogen and oxygen atoms in total. The van der Waals surface area contributed by atoms with Crippen LogP contribution in [0.25, 0.3) is 11.3 Å². The number of aromatic amines is 1. The van der Waals surface area contributed by atoms with Crippen LogP contribution >= 0.6 is 0 Å². The monoisotopic (exact) mass is 265 g/mol. The second-order valence-electron chi connectivity index (χ2n) is 4.46. The van der Waals surface area contributed by atoms with E-state index in [1.165, 1.54) is 0 Å². The maximum atomic E-state index is 5.67. The predicted molar refractivity (Wildman–Crippen MR) is 79.2 cm³/mol.